The number of piperazine rings is 1. The summed E-state index contributed by atoms with van der Waals surface area (Å²) in [6, 6.07) is 10.2. The fourth-order valence-electron chi connectivity index (χ4n) is 4.91. The summed E-state index contributed by atoms with van der Waals surface area (Å²) in [7, 11) is 0. The number of aryl methyl sites for hydroxylation is 1. The molecule has 1 N–H and O–H groups in total. The number of hydrogen-bond acceptors (Lipinski definition) is 5. The molecule has 1 aromatic carbocycles. The van der Waals surface area contributed by atoms with E-state index < -0.39 is 0 Å². The van der Waals surface area contributed by atoms with Crippen molar-refractivity contribution in [2.45, 2.75) is 32.1 Å². The van der Waals surface area contributed by atoms with Crippen LogP contribution < -0.4 is 10.2 Å². The molecule has 5 rings (SSSR count). The number of anilines is 1. The average Bonchev–Trinajstić information content (AvgIpc) is 3.28. The zero-order valence-electron chi connectivity index (χ0n) is 17.8. The monoisotopic (exact) mass is 463 g/mol. The summed E-state index contributed by atoms with van der Waals surface area (Å²) < 4.78 is 0. The Kier molecular flexibility index (Phi) is 8.14. The number of aromatic nitrogens is 2. The fourth-order valence-corrected chi connectivity index (χ4v) is 4.91. The highest BCUT2D eigenvalue weighted by molar-refractivity contribution is 5.85. The molecule has 2 aromatic rings. The molecule has 3 aliphatic rings. The molecule has 2 fully saturated rings. The largest absolute Gasteiger partial charge is 0.355 e. The number of carbonyl (C=O) groups excluding carboxylic acids is 1. The molecule has 1 amide bonds. The lowest BCUT2D eigenvalue weighted by Gasteiger charge is -2.37. The van der Waals surface area contributed by atoms with Crippen molar-refractivity contribution in [3.63, 3.8) is 0 Å². The standard InChI is InChI=1S/C23H29N5O.2ClH/c29-23(27-14-11-24-12-15-27)18-8-5-13-28(16-18)22-19-9-4-10-20(19)25-21(26-22)17-6-2-1-3-7-17;;/h1-3,6-7,18,24H,4-5,8-16H2;2*1H. The molecule has 6 nitrogen and oxygen atoms in total. The van der Waals surface area contributed by atoms with E-state index in [1.807, 2.05) is 23.1 Å². The number of fused-ring (bicyclic) bond motifs is 1. The summed E-state index contributed by atoms with van der Waals surface area (Å²) in [5, 5.41) is 3.34. The van der Waals surface area contributed by atoms with E-state index in [0.717, 1.165) is 88.6 Å². The Hall–Kier alpha value is -1.89. The van der Waals surface area contributed by atoms with Crippen molar-refractivity contribution in [3.8, 4) is 11.4 Å². The minimum absolute atomic E-state index is 0. The molecule has 2 aliphatic heterocycles. The van der Waals surface area contributed by atoms with Crippen LogP contribution in [0.1, 0.15) is 30.5 Å². The predicted molar refractivity (Wildman–Crippen MR) is 128 cm³/mol. The second kappa shape index (κ2) is 10.6. The summed E-state index contributed by atoms with van der Waals surface area (Å²) in [6.07, 6.45) is 5.25. The summed E-state index contributed by atoms with van der Waals surface area (Å²) in [6.45, 7) is 5.22. The molecule has 0 spiro atoms. The summed E-state index contributed by atoms with van der Waals surface area (Å²) in [5.74, 6) is 2.29. The molecule has 1 aromatic heterocycles. The van der Waals surface area contributed by atoms with Gasteiger partial charge < -0.3 is 15.1 Å². The number of hydrogen-bond donors (Lipinski definition) is 1. The highest BCUT2D eigenvalue weighted by Gasteiger charge is 2.32. The maximum Gasteiger partial charge on any atom is 0.227 e. The first-order valence-electron chi connectivity index (χ1n) is 11.0. The maximum absolute atomic E-state index is 13.1. The van der Waals surface area contributed by atoms with E-state index in [2.05, 4.69) is 22.3 Å². The van der Waals surface area contributed by atoms with Crippen LogP contribution in [0.3, 0.4) is 0 Å². The number of halogens is 2. The molecule has 31 heavy (non-hydrogen) atoms. The lowest BCUT2D eigenvalue weighted by atomic mass is 9.95. The van der Waals surface area contributed by atoms with E-state index in [1.165, 1.54) is 11.3 Å². The van der Waals surface area contributed by atoms with Crippen molar-refractivity contribution in [3.05, 3.63) is 41.6 Å². The van der Waals surface area contributed by atoms with Crippen LogP contribution in [0, 0.1) is 5.92 Å². The number of nitrogens with zero attached hydrogens (tertiary/aromatic N) is 4. The van der Waals surface area contributed by atoms with Crippen molar-refractivity contribution in [1.29, 1.82) is 0 Å². The van der Waals surface area contributed by atoms with Crippen LogP contribution in [-0.2, 0) is 17.6 Å². The van der Waals surface area contributed by atoms with Crippen LogP contribution in [-0.4, -0.2) is 60.0 Å². The Labute approximate surface area is 196 Å². The van der Waals surface area contributed by atoms with Crippen molar-refractivity contribution in [2.24, 2.45) is 5.92 Å². The molecule has 0 saturated carbocycles. The topological polar surface area (TPSA) is 61.4 Å². The zero-order valence-corrected chi connectivity index (χ0v) is 19.4. The molecule has 0 radical (unpaired) electrons. The second-order valence-electron chi connectivity index (χ2n) is 8.38. The van der Waals surface area contributed by atoms with Crippen molar-refractivity contribution in [2.75, 3.05) is 44.2 Å². The lowest BCUT2D eigenvalue weighted by molar-refractivity contribution is -0.136. The van der Waals surface area contributed by atoms with E-state index in [9.17, 15) is 4.79 Å². The van der Waals surface area contributed by atoms with Crippen molar-refractivity contribution in [1.82, 2.24) is 20.2 Å². The third-order valence-corrected chi connectivity index (χ3v) is 6.44. The molecule has 3 heterocycles. The Morgan fingerprint density at radius 2 is 1.74 bits per heavy atom. The van der Waals surface area contributed by atoms with E-state index in [4.69, 9.17) is 9.97 Å². The smallest absolute Gasteiger partial charge is 0.227 e. The number of benzene rings is 1. The van der Waals surface area contributed by atoms with Crippen LogP contribution in [0.15, 0.2) is 30.3 Å². The predicted octanol–water partition coefficient (Wildman–Crippen LogP) is 3.12. The Morgan fingerprint density at radius 3 is 2.52 bits per heavy atom. The Balaban J connectivity index is 0.00000136. The fraction of sp³-hybridized carbons (Fsp3) is 0.522. The van der Waals surface area contributed by atoms with Crippen LogP contribution in [0.2, 0.25) is 0 Å². The highest BCUT2D eigenvalue weighted by Crippen LogP contribution is 2.33. The number of nitrogens with one attached hydrogen (secondary N) is 1. The quantitative estimate of drug-likeness (QED) is 0.757. The molecule has 2 saturated heterocycles. The molecule has 1 aliphatic carbocycles. The van der Waals surface area contributed by atoms with Gasteiger partial charge in [0.05, 0.1) is 5.92 Å². The van der Waals surface area contributed by atoms with Gasteiger partial charge in [-0.1, -0.05) is 30.3 Å². The van der Waals surface area contributed by atoms with E-state index >= 15 is 0 Å². The zero-order chi connectivity index (χ0) is 19.6. The van der Waals surface area contributed by atoms with E-state index in [0.29, 0.717) is 5.91 Å². The number of piperidine rings is 1. The van der Waals surface area contributed by atoms with Gasteiger partial charge in [-0.3, -0.25) is 4.79 Å². The third kappa shape index (κ3) is 4.97. The van der Waals surface area contributed by atoms with Gasteiger partial charge in [-0.15, -0.1) is 24.8 Å². The number of amides is 1. The van der Waals surface area contributed by atoms with E-state index in [1.54, 1.807) is 0 Å². The first-order chi connectivity index (χ1) is 14.3. The van der Waals surface area contributed by atoms with Gasteiger partial charge in [0.2, 0.25) is 5.91 Å². The van der Waals surface area contributed by atoms with Crippen LogP contribution in [0.25, 0.3) is 11.4 Å². The van der Waals surface area contributed by atoms with Gasteiger partial charge in [0.15, 0.2) is 5.82 Å². The summed E-state index contributed by atoms with van der Waals surface area (Å²) >= 11 is 0. The van der Waals surface area contributed by atoms with Gasteiger partial charge in [0, 0.05) is 56.1 Å². The number of carbonyl (C=O) groups is 1. The highest BCUT2D eigenvalue weighted by atomic mass is 35.5. The first kappa shape index (κ1) is 23.8. The SMILES string of the molecule is Cl.Cl.O=C(C1CCCN(c2nc(-c3ccccc3)nc3c2CCC3)C1)N1CCNCC1. The minimum atomic E-state index is 0. The Morgan fingerprint density at radius 1 is 0.968 bits per heavy atom. The van der Waals surface area contributed by atoms with Gasteiger partial charge in [0.1, 0.15) is 5.82 Å². The summed E-state index contributed by atoms with van der Waals surface area (Å²) in [5.41, 5.74) is 3.57. The van der Waals surface area contributed by atoms with Gasteiger partial charge in [-0.05, 0) is 32.1 Å². The molecule has 168 valence electrons. The summed E-state index contributed by atoms with van der Waals surface area (Å²) in [4.78, 5) is 27.4. The van der Waals surface area contributed by atoms with Crippen LogP contribution >= 0.6 is 24.8 Å². The number of rotatable bonds is 3. The first-order valence-corrected chi connectivity index (χ1v) is 11.0. The van der Waals surface area contributed by atoms with Crippen LogP contribution in [0.4, 0.5) is 5.82 Å². The average molecular weight is 464 g/mol. The lowest BCUT2D eigenvalue weighted by Crippen LogP contribution is -2.51. The maximum atomic E-state index is 13.1. The minimum Gasteiger partial charge on any atom is -0.355 e. The molecular weight excluding hydrogens is 433 g/mol. The van der Waals surface area contributed by atoms with E-state index in [-0.39, 0.29) is 30.7 Å². The Bertz CT molecular complexity index is 889. The van der Waals surface area contributed by atoms with Gasteiger partial charge in [-0.25, -0.2) is 9.97 Å². The third-order valence-electron chi connectivity index (χ3n) is 6.44. The van der Waals surface area contributed by atoms with Crippen LogP contribution in [0.5, 0.6) is 0 Å². The molecule has 1 unspecified atom stereocenters. The molecule has 0 bridgehead atoms. The van der Waals surface area contributed by atoms with Crippen molar-refractivity contribution >= 4 is 36.5 Å². The second-order valence-corrected chi connectivity index (χ2v) is 8.38. The molecular formula is C23H31Cl2N5O. The van der Waals surface area contributed by atoms with Crippen molar-refractivity contribution < 1.29 is 4.79 Å². The van der Waals surface area contributed by atoms with Gasteiger partial charge >= 0.3 is 0 Å². The molecule has 8 heteroatoms. The van der Waals surface area contributed by atoms with Gasteiger partial charge in [-0.2, -0.15) is 0 Å². The normalized spacial score (nSPS) is 20.5. The van der Waals surface area contributed by atoms with Gasteiger partial charge in [0.25, 0.3) is 0 Å². The molecule has 1 atom stereocenters.